The highest BCUT2D eigenvalue weighted by Gasteiger charge is 2.19. The number of aryl methyl sites for hydroxylation is 1. The lowest BCUT2D eigenvalue weighted by Gasteiger charge is -2.14. The molecule has 1 aliphatic heterocycles. The van der Waals surface area contributed by atoms with Gasteiger partial charge in [0.15, 0.2) is 0 Å². The minimum Gasteiger partial charge on any atom is -0.380 e. The number of halogens is 1. The number of thioether (sulfide) groups is 1. The summed E-state index contributed by atoms with van der Waals surface area (Å²) < 4.78 is 0.887. The average Bonchev–Trinajstić information content (AvgIpc) is 2.74. The largest absolute Gasteiger partial charge is 0.380 e. The minimum atomic E-state index is -0.337. The lowest BCUT2D eigenvalue weighted by Crippen LogP contribution is -2.18. The van der Waals surface area contributed by atoms with E-state index in [1.165, 1.54) is 0 Å². The molecule has 92 valence electrons. The maximum atomic E-state index is 10.9. The predicted molar refractivity (Wildman–Crippen MR) is 74.9 cm³/mol. The summed E-state index contributed by atoms with van der Waals surface area (Å²) in [5, 5.41) is 14.2. The number of nitro groups is 1. The van der Waals surface area contributed by atoms with E-state index in [-0.39, 0.29) is 10.6 Å². The van der Waals surface area contributed by atoms with Gasteiger partial charge in [0.05, 0.1) is 10.6 Å². The zero-order valence-electron chi connectivity index (χ0n) is 9.40. The summed E-state index contributed by atoms with van der Waals surface area (Å²) in [6, 6.07) is 3.82. The van der Waals surface area contributed by atoms with Crippen molar-refractivity contribution in [3.05, 3.63) is 32.3 Å². The fourth-order valence-corrected chi connectivity index (χ4v) is 3.56. The number of rotatable bonds is 3. The van der Waals surface area contributed by atoms with Crippen LogP contribution in [0.5, 0.6) is 0 Å². The van der Waals surface area contributed by atoms with Crippen LogP contribution in [0.1, 0.15) is 12.0 Å². The molecule has 1 aromatic carbocycles. The highest BCUT2D eigenvalue weighted by atomic mass is 79.9. The SMILES string of the molecule is Cc1cc(Br)c(NC2CCSC2)cc1[N+](=O)[O-]. The highest BCUT2D eigenvalue weighted by molar-refractivity contribution is 9.10. The van der Waals surface area contributed by atoms with Crippen LogP contribution >= 0.6 is 27.7 Å². The molecule has 1 aromatic rings. The Bertz CT molecular complexity index is 447. The van der Waals surface area contributed by atoms with Gasteiger partial charge in [-0.2, -0.15) is 11.8 Å². The minimum absolute atomic E-state index is 0.168. The Balaban J connectivity index is 2.26. The average molecular weight is 317 g/mol. The van der Waals surface area contributed by atoms with Crippen LogP contribution < -0.4 is 5.32 Å². The van der Waals surface area contributed by atoms with E-state index in [1.54, 1.807) is 19.1 Å². The maximum absolute atomic E-state index is 10.9. The maximum Gasteiger partial charge on any atom is 0.274 e. The number of hydrogen-bond acceptors (Lipinski definition) is 4. The summed E-state index contributed by atoms with van der Waals surface area (Å²) in [5.74, 6) is 2.22. The zero-order chi connectivity index (χ0) is 12.4. The quantitative estimate of drug-likeness (QED) is 0.684. The standard InChI is InChI=1S/C11H13BrN2O2S/c1-7-4-9(12)10(5-11(7)14(15)16)13-8-2-3-17-6-8/h4-5,8,13H,2-3,6H2,1H3. The van der Waals surface area contributed by atoms with Crippen LogP contribution in [0, 0.1) is 17.0 Å². The lowest BCUT2D eigenvalue weighted by molar-refractivity contribution is -0.385. The van der Waals surface area contributed by atoms with Gasteiger partial charge in [0.25, 0.3) is 5.69 Å². The van der Waals surface area contributed by atoms with E-state index in [0.29, 0.717) is 11.6 Å². The molecular formula is C11H13BrN2O2S. The first-order valence-corrected chi connectivity index (χ1v) is 7.31. The molecule has 0 spiro atoms. The Morgan fingerprint density at radius 3 is 2.94 bits per heavy atom. The third kappa shape index (κ3) is 2.93. The molecule has 0 radical (unpaired) electrons. The number of nitro benzene ring substituents is 1. The van der Waals surface area contributed by atoms with Crippen molar-refractivity contribution in [3.63, 3.8) is 0 Å². The first-order chi connectivity index (χ1) is 8.08. The van der Waals surface area contributed by atoms with Gasteiger partial charge in [0.2, 0.25) is 0 Å². The fraction of sp³-hybridized carbons (Fsp3) is 0.455. The van der Waals surface area contributed by atoms with E-state index in [9.17, 15) is 10.1 Å². The molecule has 1 saturated heterocycles. The molecule has 1 N–H and O–H groups in total. The van der Waals surface area contributed by atoms with E-state index in [0.717, 1.165) is 28.1 Å². The Morgan fingerprint density at radius 1 is 1.59 bits per heavy atom. The Labute approximate surface area is 112 Å². The molecule has 6 heteroatoms. The third-order valence-corrected chi connectivity index (χ3v) is 4.59. The second-order valence-corrected chi connectivity index (χ2v) is 6.08. The summed E-state index contributed by atoms with van der Waals surface area (Å²) in [6.45, 7) is 1.75. The van der Waals surface area contributed by atoms with Gasteiger partial charge in [-0.15, -0.1) is 0 Å². The van der Waals surface area contributed by atoms with Gasteiger partial charge in [-0.3, -0.25) is 10.1 Å². The number of benzene rings is 1. The first kappa shape index (κ1) is 12.7. The molecule has 2 rings (SSSR count). The molecule has 0 saturated carbocycles. The monoisotopic (exact) mass is 316 g/mol. The van der Waals surface area contributed by atoms with Gasteiger partial charge in [-0.25, -0.2) is 0 Å². The Morgan fingerprint density at radius 2 is 2.35 bits per heavy atom. The summed E-state index contributed by atoms with van der Waals surface area (Å²) in [7, 11) is 0. The van der Waals surface area contributed by atoms with Gasteiger partial charge < -0.3 is 5.32 Å². The van der Waals surface area contributed by atoms with Crippen molar-refractivity contribution in [3.8, 4) is 0 Å². The van der Waals surface area contributed by atoms with Gasteiger partial charge in [-0.05, 0) is 41.1 Å². The van der Waals surface area contributed by atoms with E-state index in [2.05, 4.69) is 21.2 Å². The molecule has 1 atom stereocenters. The summed E-state index contributed by atoms with van der Waals surface area (Å²) in [4.78, 5) is 10.5. The highest BCUT2D eigenvalue weighted by Crippen LogP contribution is 2.32. The summed E-state index contributed by atoms with van der Waals surface area (Å²) in [5.41, 5.74) is 1.66. The van der Waals surface area contributed by atoms with E-state index in [4.69, 9.17) is 0 Å². The van der Waals surface area contributed by atoms with Crippen molar-refractivity contribution in [1.29, 1.82) is 0 Å². The number of nitrogens with one attached hydrogen (secondary N) is 1. The molecule has 1 heterocycles. The first-order valence-electron chi connectivity index (χ1n) is 5.36. The topological polar surface area (TPSA) is 55.2 Å². The van der Waals surface area contributed by atoms with Crippen LogP contribution in [0.15, 0.2) is 16.6 Å². The van der Waals surface area contributed by atoms with Crippen LogP contribution in [0.4, 0.5) is 11.4 Å². The van der Waals surface area contributed by atoms with Gasteiger partial charge >= 0.3 is 0 Å². The van der Waals surface area contributed by atoms with E-state index in [1.807, 2.05) is 11.8 Å². The van der Waals surface area contributed by atoms with Crippen molar-refractivity contribution >= 4 is 39.1 Å². The van der Waals surface area contributed by atoms with Crippen molar-refractivity contribution < 1.29 is 4.92 Å². The van der Waals surface area contributed by atoms with Gasteiger partial charge in [-0.1, -0.05) is 0 Å². The molecule has 0 amide bonds. The molecule has 0 aliphatic carbocycles. The van der Waals surface area contributed by atoms with Crippen molar-refractivity contribution in [2.45, 2.75) is 19.4 Å². The third-order valence-electron chi connectivity index (χ3n) is 2.77. The van der Waals surface area contributed by atoms with Crippen LogP contribution in [0.25, 0.3) is 0 Å². The van der Waals surface area contributed by atoms with Crippen LogP contribution in [-0.4, -0.2) is 22.5 Å². The molecule has 1 unspecified atom stereocenters. The summed E-state index contributed by atoms with van der Waals surface area (Å²) >= 11 is 5.36. The van der Waals surface area contributed by atoms with Crippen LogP contribution in [0.2, 0.25) is 0 Å². The second kappa shape index (κ2) is 5.27. The normalized spacial score (nSPS) is 19.3. The van der Waals surface area contributed by atoms with Gasteiger partial charge in [0, 0.05) is 27.9 Å². The predicted octanol–water partition coefficient (Wildman–Crippen LogP) is 3.58. The lowest BCUT2D eigenvalue weighted by atomic mass is 10.1. The molecule has 1 fully saturated rings. The van der Waals surface area contributed by atoms with Gasteiger partial charge in [0.1, 0.15) is 0 Å². The Hall–Kier alpha value is -0.750. The smallest absolute Gasteiger partial charge is 0.274 e. The molecule has 0 aromatic heterocycles. The molecular weight excluding hydrogens is 304 g/mol. The van der Waals surface area contributed by atoms with E-state index < -0.39 is 0 Å². The van der Waals surface area contributed by atoms with Crippen molar-refractivity contribution in [2.75, 3.05) is 16.8 Å². The number of anilines is 1. The Kier molecular flexibility index (Phi) is 3.93. The fourth-order valence-electron chi connectivity index (χ4n) is 1.84. The number of nitrogens with zero attached hydrogens (tertiary/aromatic N) is 1. The van der Waals surface area contributed by atoms with Crippen LogP contribution in [-0.2, 0) is 0 Å². The molecule has 1 aliphatic rings. The zero-order valence-corrected chi connectivity index (χ0v) is 11.8. The summed E-state index contributed by atoms with van der Waals surface area (Å²) in [6.07, 6.45) is 1.11. The van der Waals surface area contributed by atoms with Crippen molar-refractivity contribution in [2.24, 2.45) is 0 Å². The molecule has 4 nitrogen and oxygen atoms in total. The van der Waals surface area contributed by atoms with E-state index >= 15 is 0 Å². The number of hydrogen-bond donors (Lipinski definition) is 1. The second-order valence-electron chi connectivity index (χ2n) is 4.08. The van der Waals surface area contributed by atoms with Crippen molar-refractivity contribution in [1.82, 2.24) is 0 Å². The molecule has 0 bridgehead atoms. The van der Waals surface area contributed by atoms with Crippen LogP contribution in [0.3, 0.4) is 0 Å². The molecule has 17 heavy (non-hydrogen) atoms.